The Morgan fingerprint density at radius 3 is 2.79 bits per heavy atom. The minimum atomic E-state index is -0.0535. The van der Waals surface area contributed by atoms with Gasteiger partial charge in [-0.2, -0.15) is 0 Å². The molecule has 0 bridgehead atoms. The molecule has 76 valence electrons. The summed E-state index contributed by atoms with van der Waals surface area (Å²) >= 11 is 7.04. The van der Waals surface area contributed by atoms with Gasteiger partial charge in [0.05, 0.1) is 0 Å². The highest BCUT2D eigenvalue weighted by Gasteiger charge is 2.05. The first-order chi connectivity index (χ1) is 6.58. The minimum absolute atomic E-state index is 0.0535. The SMILES string of the molecule is CC(C)SC(=O)Nc1cccc(Cl)c1. The molecular formula is C10H12ClNOS. The predicted molar refractivity (Wildman–Crippen MR) is 63.2 cm³/mol. The van der Waals surface area contributed by atoms with Crippen molar-refractivity contribution in [2.24, 2.45) is 0 Å². The van der Waals surface area contributed by atoms with Gasteiger partial charge >= 0.3 is 0 Å². The molecule has 1 rings (SSSR count). The fourth-order valence-electron chi connectivity index (χ4n) is 0.928. The summed E-state index contributed by atoms with van der Waals surface area (Å²) in [5, 5.41) is 3.61. The molecule has 0 aliphatic carbocycles. The van der Waals surface area contributed by atoms with Crippen molar-refractivity contribution in [3.8, 4) is 0 Å². The molecule has 0 heterocycles. The van der Waals surface area contributed by atoms with Crippen molar-refractivity contribution in [3.05, 3.63) is 29.3 Å². The summed E-state index contributed by atoms with van der Waals surface area (Å²) in [6.07, 6.45) is 0. The lowest BCUT2D eigenvalue weighted by molar-refractivity contribution is 0.269. The lowest BCUT2D eigenvalue weighted by atomic mass is 10.3. The number of amides is 1. The monoisotopic (exact) mass is 229 g/mol. The Kier molecular flexibility index (Phi) is 4.29. The lowest BCUT2D eigenvalue weighted by Crippen LogP contribution is -2.07. The van der Waals surface area contributed by atoms with Crippen LogP contribution in [-0.2, 0) is 0 Å². The van der Waals surface area contributed by atoms with E-state index in [1.807, 2.05) is 19.9 Å². The average Bonchev–Trinajstić information content (AvgIpc) is 2.01. The maximum atomic E-state index is 11.3. The second-order valence-electron chi connectivity index (χ2n) is 3.09. The van der Waals surface area contributed by atoms with Crippen molar-refractivity contribution in [3.63, 3.8) is 0 Å². The van der Waals surface area contributed by atoms with Crippen LogP contribution < -0.4 is 5.32 Å². The molecule has 4 heteroatoms. The number of anilines is 1. The van der Waals surface area contributed by atoms with Crippen LogP contribution >= 0.6 is 23.4 Å². The number of halogens is 1. The molecule has 0 aromatic heterocycles. The summed E-state index contributed by atoms with van der Waals surface area (Å²) in [5.74, 6) is 0. The maximum Gasteiger partial charge on any atom is 0.283 e. The predicted octanol–water partition coefficient (Wildman–Crippen LogP) is 4.01. The van der Waals surface area contributed by atoms with Gasteiger partial charge < -0.3 is 5.32 Å². The molecule has 0 atom stereocenters. The first kappa shape index (κ1) is 11.4. The number of carbonyl (C=O) groups is 1. The Morgan fingerprint density at radius 2 is 2.21 bits per heavy atom. The minimum Gasteiger partial charge on any atom is -0.317 e. The number of hydrogen-bond donors (Lipinski definition) is 1. The van der Waals surface area contributed by atoms with Crippen molar-refractivity contribution >= 4 is 34.3 Å². The van der Waals surface area contributed by atoms with E-state index in [0.717, 1.165) is 5.69 Å². The Hall–Kier alpha value is -0.670. The van der Waals surface area contributed by atoms with E-state index in [-0.39, 0.29) is 10.5 Å². The third-order valence-corrected chi connectivity index (χ3v) is 2.44. The van der Waals surface area contributed by atoms with Crippen LogP contribution in [0.5, 0.6) is 0 Å². The molecule has 0 aliphatic rings. The van der Waals surface area contributed by atoms with Gasteiger partial charge in [0.2, 0.25) is 0 Å². The number of hydrogen-bond acceptors (Lipinski definition) is 2. The molecule has 1 aromatic rings. The van der Waals surface area contributed by atoms with Gasteiger partial charge in [-0.3, -0.25) is 4.79 Å². The average molecular weight is 230 g/mol. The van der Waals surface area contributed by atoms with Gasteiger partial charge in [0.15, 0.2) is 0 Å². The molecule has 0 unspecified atom stereocenters. The maximum absolute atomic E-state index is 11.3. The summed E-state index contributed by atoms with van der Waals surface area (Å²) in [6.45, 7) is 3.95. The first-order valence-electron chi connectivity index (χ1n) is 4.31. The molecule has 1 amide bonds. The number of carbonyl (C=O) groups excluding carboxylic acids is 1. The quantitative estimate of drug-likeness (QED) is 0.830. The molecule has 0 saturated carbocycles. The van der Waals surface area contributed by atoms with Crippen molar-refractivity contribution in [2.45, 2.75) is 19.1 Å². The van der Waals surface area contributed by atoms with Crippen molar-refractivity contribution in [2.75, 3.05) is 5.32 Å². The molecular weight excluding hydrogens is 218 g/mol. The molecule has 0 spiro atoms. The van der Waals surface area contributed by atoms with Crippen LogP contribution in [-0.4, -0.2) is 10.5 Å². The third kappa shape index (κ3) is 4.03. The van der Waals surface area contributed by atoms with E-state index in [4.69, 9.17) is 11.6 Å². The van der Waals surface area contributed by atoms with E-state index in [1.54, 1.807) is 18.2 Å². The van der Waals surface area contributed by atoms with E-state index < -0.39 is 0 Å². The summed E-state index contributed by atoms with van der Waals surface area (Å²) in [4.78, 5) is 11.3. The Morgan fingerprint density at radius 1 is 1.50 bits per heavy atom. The van der Waals surface area contributed by atoms with Crippen LogP contribution in [0.1, 0.15) is 13.8 Å². The van der Waals surface area contributed by atoms with E-state index in [0.29, 0.717) is 5.02 Å². The highest BCUT2D eigenvalue weighted by Crippen LogP contribution is 2.18. The smallest absolute Gasteiger partial charge is 0.283 e. The third-order valence-electron chi connectivity index (χ3n) is 1.41. The fraction of sp³-hybridized carbons (Fsp3) is 0.300. The van der Waals surface area contributed by atoms with Crippen LogP contribution in [0, 0.1) is 0 Å². The van der Waals surface area contributed by atoms with Crippen LogP contribution in [0.25, 0.3) is 0 Å². The Labute approximate surface area is 93.0 Å². The summed E-state index contributed by atoms with van der Waals surface area (Å²) in [6, 6.07) is 7.11. The van der Waals surface area contributed by atoms with Gasteiger partial charge in [-0.1, -0.05) is 43.3 Å². The first-order valence-corrected chi connectivity index (χ1v) is 5.57. The topological polar surface area (TPSA) is 29.1 Å². The standard InChI is InChI=1S/C10H12ClNOS/c1-7(2)14-10(13)12-9-5-3-4-8(11)6-9/h3-7H,1-2H3,(H,12,13). The van der Waals surface area contributed by atoms with Crippen molar-refractivity contribution in [1.29, 1.82) is 0 Å². The highest BCUT2D eigenvalue weighted by atomic mass is 35.5. The summed E-state index contributed by atoms with van der Waals surface area (Å²) < 4.78 is 0. The van der Waals surface area contributed by atoms with Crippen molar-refractivity contribution < 1.29 is 4.79 Å². The summed E-state index contributed by atoms with van der Waals surface area (Å²) in [7, 11) is 0. The molecule has 1 aromatic carbocycles. The van der Waals surface area contributed by atoms with Gasteiger partial charge in [0, 0.05) is 16.0 Å². The van der Waals surface area contributed by atoms with Crippen molar-refractivity contribution in [1.82, 2.24) is 0 Å². The van der Waals surface area contributed by atoms with Crippen LogP contribution in [0.4, 0.5) is 10.5 Å². The molecule has 14 heavy (non-hydrogen) atoms. The van der Waals surface area contributed by atoms with Gasteiger partial charge in [0.25, 0.3) is 5.24 Å². The lowest BCUT2D eigenvalue weighted by Gasteiger charge is -2.06. The molecule has 0 fully saturated rings. The number of benzene rings is 1. The second kappa shape index (κ2) is 5.27. The van der Waals surface area contributed by atoms with E-state index in [2.05, 4.69) is 5.32 Å². The number of thioether (sulfide) groups is 1. The van der Waals surface area contributed by atoms with E-state index in [1.165, 1.54) is 11.8 Å². The zero-order valence-corrected chi connectivity index (χ0v) is 9.65. The molecule has 0 saturated heterocycles. The Balaban J connectivity index is 2.56. The van der Waals surface area contributed by atoms with Gasteiger partial charge in [0.1, 0.15) is 0 Å². The van der Waals surface area contributed by atoms with Gasteiger partial charge in [-0.05, 0) is 18.2 Å². The number of nitrogens with one attached hydrogen (secondary N) is 1. The van der Waals surface area contributed by atoms with Crippen LogP contribution in [0.15, 0.2) is 24.3 Å². The largest absolute Gasteiger partial charge is 0.317 e. The molecule has 1 N–H and O–H groups in total. The normalized spacial score (nSPS) is 10.3. The van der Waals surface area contributed by atoms with Gasteiger partial charge in [-0.25, -0.2) is 0 Å². The number of rotatable bonds is 2. The van der Waals surface area contributed by atoms with Gasteiger partial charge in [-0.15, -0.1) is 0 Å². The highest BCUT2D eigenvalue weighted by molar-refractivity contribution is 8.14. The second-order valence-corrected chi connectivity index (χ2v) is 5.08. The molecule has 0 aliphatic heterocycles. The van der Waals surface area contributed by atoms with Crippen LogP contribution in [0.3, 0.4) is 0 Å². The molecule has 0 radical (unpaired) electrons. The molecule has 2 nitrogen and oxygen atoms in total. The zero-order chi connectivity index (χ0) is 10.6. The fourth-order valence-corrected chi connectivity index (χ4v) is 1.72. The Bertz CT molecular complexity index is 328. The van der Waals surface area contributed by atoms with E-state index >= 15 is 0 Å². The van der Waals surface area contributed by atoms with Crippen LogP contribution in [0.2, 0.25) is 5.02 Å². The summed E-state index contributed by atoms with van der Waals surface area (Å²) in [5.41, 5.74) is 0.732. The van der Waals surface area contributed by atoms with E-state index in [9.17, 15) is 4.79 Å². The zero-order valence-electron chi connectivity index (χ0n) is 8.08.